The molecular weight excluding hydrogens is 236 g/mol. The zero-order valence-corrected chi connectivity index (χ0v) is 10.8. The van der Waals surface area contributed by atoms with Gasteiger partial charge in [0.1, 0.15) is 0 Å². The highest BCUT2D eigenvalue weighted by Gasteiger charge is 2.13. The molecule has 0 bridgehead atoms. The van der Waals surface area contributed by atoms with Crippen molar-refractivity contribution in [2.75, 3.05) is 0 Å². The first kappa shape index (κ1) is 11.8. The topological polar surface area (TPSA) is 0 Å². The molecular formula is C13H19Br. The summed E-state index contributed by atoms with van der Waals surface area (Å²) in [5, 5.41) is 0. The van der Waals surface area contributed by atoms with Gasteiger partial charge in [0.05, 0.1) is 0 Å². The predicted octanol–water partition coefficient (Wildman–Crippen LogP) is 4.53. The van der Waals surface area contributed by atoms with Gasteiger partial charge in [-0.1, -0.05) is 61.0 Å². The van der Waals surface area contributed by atoms with Crippen LogP contribution in [0.2, 0.25) is 0 Å². The van der Waals surface area contributed by atoms with Crippen LogP contribution in [0.15, 0.2) is 24.3 Å². The summed E-state index contributed by atoms with van der Waals surface area (Å²) in [5.41, 5.74) is 2.86. The molecule has 1 heteroatoms. The van der Waals surface area contributed by atoms with Crippen LogP contribution in [0, 0.1) is 0 Å². The SMILES string of the molecule is CCc1ccc(C(C)C(Br)CC)cc1. The summed E-state index contributed by atoms with van der Waals surface area (Å²) in [6.45, 7) is 6.69. The zero-order valence-electron chi connectivity index (χ0n) is 9.26. The first-order chi connectivity index (χ1) is 6.69. The molecule has 0 radical (unpaired) electrons. The highest BCUT2D eigenvalue weighted by Crippen LogP contribution is 2.26. The van der Waals surface area contributed by atoms with Crippen LogP contribution in [0.25, 0.3) is 0 Å². The Morgan fingerprint density at radius 2 is 1.71 bits per heavy atom. The van der Waals surface area contributed by atoms with Crippen LogP contribution in [-0.2, 0) is 6.42 Å². The molecule has 0 N–H and O–H groups in total. The molecule has 0 heterocycles. The van der Waals surface area contributed by atoms with E-state index in [-0.39, 0.29) is 0 Å². The number of hydrogen-bond donors (Lipinski definition) is 0. The van der Waals surface area contributed by atoms with E-state index < -0.39 is 0 Å². The first-order valence-electron chi connectivity index (χ1n) is 5.41. The van der Waals surface area contributed by atoms with Gasteiger partial charge in [-0.2, -0.15) is 0 Å². The summed E-state index contributed by atoms with van der Waals surface area (Å²) >= 11 is 3.71. The molecule has 1 aromatic carbocycles. The molecule has 0 amide bonds. The van der Waals surface area contributed by atoms with Gasteiger partial charge in [0.25, 0.3) is 0 Å². The quantitative estimate of drug-likeness (QED) is 0.693. The molecule has 0 fully saturated rings. The molecule has 0 nitrogen and oxygen atoms in total. The number of alkyl halides is 1. The Morgan fingerprint density at radius 3 is 2.14 bits per heavy atom. The molecule has 2 unspecified atom stereocenters. The molecule has 2 atom stereocenters. The van der Waals surface area contributed by atoms with Crippen LogP contribution in [0.5, 0.6) is 0 Å². The average Bonchev–Trinajstić information content (AvgIpc) is 2.27. The van der Waals surface area contributed by atoms with Crippen LogP contribution in [0.1, 0.15) is 44.2 Å². The highest BCUT2D eigenvalue weighted by atomic mass is 79.9. The van der Waals surface area contributed by atoms with Gasteiger partial charge in [0, 0.05) is 4.83 Å². The number of rotatable bonds is 4. The van der Waals surface area contributed by atoms with Crippen LogP contribution in [0.4, 0.5) is 0 Å². The van der Waals surface area contributed by atoms with E-state index in [1.165, 1.54) is 17.5 Å². The fraction of sp³-hybridized carbons (Fsp3) is 0.538. The van der Waals surface area contributed by atoms with Crippen molar-refractivity contribution in [3.63, 3.8) is 0 Å². The smallest absolute Gasteiger partial charge is 0.0209 e. The molecule has 0 spiro atoms. The van der Waals surface area contributed by atoms with Crippen molar-refractivity contribution >= 4 is 15.9 Å². The lowest BCUT2D eigenvalue weighted by Gasteiger charge is -2.17. The largest absolute Gasteiger partial charge is 0.0884 e. The van der Waals surface area contributed by atoms with Crippen LogP contribution >= 0.6 is 15.9 Å². The van der Waals surface area contributed by atoms with E-state index >= 15 is 0 Å². The maximum absolute atomic E-state index is 3.71. The van der Waals surface area contributed by atoms with E-state index in [0.717, 1.165) is 6.42 Å². The van der Waals surface area contributed by atoms with Crippen molar-refractivity contribution in [3.8, 4) is 0 Å². The minimum Gasteiger partial charge on any atom is -0.0884 e. The Hall–Kier alpha value is -0.300. The van der Waals surface area contributed by atoms with Gasteiger partial charge < -0.3 is 0 Å². The molecule has 0 aliphatic carbocycles. The minimum atomic E-state index is 0.593. The number of hydrogen-bond acceptors (Lipinski definition) is 0. The van der Waals surface area contributed by atoms with Crippen molar-refractivity contribution in [2.45, 2.75) is 44.4 Å². The van der Waals surface area contributed by atoms with Crippen molar-refractivity contribution < 1.29 is 0 Å². The fourth-order valence-electron chi connectivity index (χ4n) is 1.62. The number of benzene rings is 1. The van der Waals surface area contributed by atoms with Crippen LogP contribution in [-0.4, -0.2) is 4.83 Å². The molecule has 1 aromatic rings. The predicted molar refractivity (Wildman–Crippen MR) is 67.2 cm³/mol. The molecule has 1 rings (SSSR count). The Bertz CT molecular complexity index is 263. The summed E-state index contributed by atoms with van der Waals surface area (Å²) in [6.07, 6.45) is 2.30. The molecule has 78 valence electrons. The summed E-state index contributed by atoms with van der Waals surface area (Å²) in [7, 11) is 0. The van der Waals surface area contributed by atoms with E-state index in [1.54, 1.807) is 0 Å². The van der Waals surface area contributed by atoms with Crippen molar-refractivity contribution in [2.24, 2.45) is 0 Å². The Kier molecular flexibility index (Phi) is 4.67. The summed E-state index contributed by atoms with van der Waals surface area (Å²) in [6, 6.07) is 8.99. The van der Waals surface area contributed by atoms with Crippen molar-refractivity contribution in [3.05, 3.63) is 35.4 Å². The molecule has 0 aliphatic heterocycles. The van der Waals surface area contributed by atoms with E-state index in [2.05, 4.69) is 61.0 Å². The van der Waals surface area contributed by atoms with Gasteiger partial charge in [-0.15, -0.1) is 0 Å². The number of aryl methyl sites for hydroxylation is 1. The standard InChI is InChI=1S/C13H19Br/c1-4-11-6-8-12(9-7-11)10(3)13(14)5-2/h6-10,13H,4-5H2,1-3H3. The van der Waals surface area contributed by atoms with Gasteiger partial charge in [-0.05, 0) is 29.9 Å². The van der Waals surface area contributed by atoms with E-state index in [9.17, 15) is 0 Å². The molecule has 0 saturated heterocycles. The van der Waals surface area contributed by atoms with Crippen LogP contribution < -0.4 is 0 Å². The maximum atomic E-state index is 3.71. The van der Waals surface area contributed by atoms with Gasteiger partial charge in [0.2, 0.25) is 0 Å². The van der Waals surface area contributed by atoms with Gasteiger partial charge in [-0.25, -0.2) is 0 Å². The zero-order chi connectivity index (χ0) is 10.6. The van der Waals surface area contributed by atoms with Crippen molar-refractivity contribution in [1.29, 1.82) is 0 Å². The second-order valence-corrected chi connectivity index (χ2v) is 4.98. The van der Waals surface area contributed by atoms with E-state index in [1.807, 2.05) is 0 Å². The van der Waals surface area contributed by atoms with Crippen LogP contribution in [0.3, 0.4) is 0 Å². The Labute approximate surface area is 95.9 Å². The summed E-state index contributed by atoms with van der Waals surface area (Å²) in [5.74, 6) is 0.603. The van der Waals surface area contributed by atoms with E-state index in [4.69, 9.17) is 0 Å². The third kappa shape index (κ3) is 2.84. The Balaban J connectivity index is 2.75. The van der Waals surface area contributed by atoms with Crippen molar-refractivity contribution in [1.82, 2.24) is 0 Å². The van der Waals surface area contributed by atoms with E-state index in [0.29, 0.717) is 10.7 Å². The third-order valence-corrected chi connectivity index (χ3v) is 4.29. The monoisotopic (exact) mass is 254 g/mol. The second kappa shape index (κ2) is 5.55. The van der Waals surface area contributed by atoms with Gasteiger partial charge in [-0.3, -0.25) is 0 Å². The lowest BCUT2D eigenvalue weighted by atomic mass is 9.95. The summed E-state index contributed by atoms with van der Waals surface area (Å²) < 4.78 is 0. The lowest BCUT2D eigenvalue weighted by molar-refractivity contribution is 0.694. The normalized spacial score (nSPS) is 15.1. The molecule has 0 aliphatic rings. The second-order valence-electron chi connectivity index (χ2n) is 3.81. The minimum absolute atomic E-state index is 0.593. The molecule has 0 aromatic heterocycles. The summed E-state index contributed by atoms with van der Waals surface area (Å²) in [4.78, 5) is 0.593. The Morgan fingerprint density at radius 1 is 1.14 bits per heavy atom. The fourth-order valence-corrected chi connectivity index (χ4v) is 1.92. The third-order valence-electron chi connectivity index (χ3n) is 2.85. The maximum Gasteiger partial charge on any atom is 0.0209 e. The van der Waals surface area contributed by atoms with Gasteiger partial charge >= 0.3 is 0 Å². The molecule has 14 heavy (non-hydrogen) atoms. The molecule has 0 saturated carbocycles. The first-order valence-corrected chi connectivity index (χ1v) is 6.33. The number of halogens is 1. The highest BCUT2D eigenvalue weighted by molar-refractivity contribution is 9.09. The lowest BCUT2D eigenvalue weighted by Crippen LogP contribution is -2.07. The average molecular weight is 255 g/mol. The van der Waals surface area contributed by atoms with Gasteiger partial charge in [0.15, 0.2) is 0 Å².